The van der Waals surface area contributed by atoms with Gasteiger partial charge in [-0.15, -0.1) is 0 Å². The fourth-order valence-corrected chi connectivity index (χ4v) is 8.06. The molecule has 0 spiro atoms. The summed E-state index contributed by atoms with van der Waals surface area (Å²) in [4.78, 5) is 0. The minimum Gasteiger partial charge on any atom is -0.0622 e. The lowest BCUT2D eigenvalue weighted by atomic mass is 9.83. The quantitative estimate of drug-likeness (QED) is 0.144. The van der Waals surface area contributed by atoms with E-state index in [1.807, 2.05) is 0 Å². The van der Waals surface area contributed by atoms with E-state index in [9.17, 15) is 0 Å². The number of fused-ring (bicyclic) bond motifs is 3. The summed E-state index contributed by atoms with van der Waals surface area (Å²) in [6, 6.07) is 62.8. The molecule has 0 unspecified atom stereocenters. The SMILES string of the molecule is c1ccc(-c2c3ccccc3c(-c3ccc(-c4ccc5ccc6cccc7ccc4c5c67)c4ccccc34)c3ccccc23)cc1. The molecule has 0 aliphatic heterocycles. The smallest absolute Gasteiger partial charge is 0.00201 e. The maximum Gasteiger partial charge on any atom is -0.00201 e. The summed E-state index contributed by atoms with van der Waals surface area (Å²) in [5.41, 5.74) is 7.66. The Kier molecular flexibility index (Phi) is 5.38. The standard InChI is InChI=1S/C46H28/c1-2-11-29(12-3-1)44-37-17-6-8-19-39(37)46(40-20-9-7-18-38(40)44)42-28-27-35(33-15-4-5-16-34(33)42)36-25-23-32-22-21-30-13-10-14-31-24-26-41(36)45(32)43(30)31/h1-28H. The molecule has 0 nitrogen and oxygen atoms in total. The third kappa shape index (κ3) is 3.56. The van der Waals surface area contributed by atoms with Crippen LogP contribution < -0.4 is 0 Å². The van der Waals surface area contributed by atoms with Crippen LogP contribution in [0.1, 0.15) is 0 Å². The van der Waals surface area contributed by atoms with Crippen molar-refractivity contribution in [2.75, 3.05) is 0 Å². The van der Waals surface area contributed by atoms with Gasteiger partial charge in [-0.2, -0.15) is 0 Å². The van der Waals surface area contributed by atoms with Gasteiger partial charge in [0, 0.05) is 0 Å². The second-order valence-electron chi connectivity index (χ2n) is 12.4. The molecular weight excluding hydrogens is 553 g/mol. The molecule has 10 aromatic rings. The first-order chi connectivity index (χ1) is 22.8. The van der Waals surface area contributed by atoms with Crippen LogP contribution >= 0.6 is 0 Å². The van der Waals surface area contributed by atoms with Gasteiger partial charge in [-0.1, -0.05) is 170 Å². The van der Waals surface area contributed by atoms with Crippen molar-refractivity contribution in [2.45, 2.75) is 0 Å². The number of rotatable bonds is 3. The van der Waals surface area contributed by atoms with Crippen molar-refractivity contribution in [3.05, 3.63) is 170 Å². The third-order valence-electron chi connectivity index (χ3n) is 10.0. The Labute approximate surface area is 267 Å². The molecule has 0 radical (unpaired) electrons. The zero-order valence-electron chi connectivity index (χ0n) is 25.2. The first-order valence-electron chi connectivity index (χ1n) is 16.0. The summed E-state index contributed by atoms with van der Waals surface area (Å²) < 4.78 is 0. The highest BCUT2D eigenvalue weighted by Gasteiger charge is 2.20. The Balaban J connectivity index is 1.29. The molecule has 46 heavy (non-hydrogen) atoms. The lowest BCUT2D eigenvalue weighted by molar-refractivity contribution is 1.66. The zero-order chi connectivity index (χ0) is 30.2. The van der Waals surface area contributed by atoms with Crippen LogP contribution in [0.5, 0.6) is 0 Å². The predicted octanol–water partition coefficient (Wildman–Crippen LogP) is 13.0. The monoisotopic (exact) mass is 580 g/mol. The maximum atomic E-state index is 2.37. The Bertz CT molecular complexity index is 2710. The predicted molar refractivity (Wildman–Crippen MR) is 199 cm³/mol. The van der Waals surface area contributed by atoms with E-state index >= 15 is 0 Å². The number of hydrogen-bond donors (Lipinski definition) is 0. The fraction of sp³-hybridized carbons (Fsp3) is 0. The molecule has 0 bridgehead atoms. The Morgan fingerprint density at radius 1 is 0.217 bits per heavy atom. The van der Waals surface area contributed by atoms with Crippen LogP contribution in [0.3, 0.4) is 0 Å². The highest BCUT2D eigenvalue weighted by molar-refractivity contribution is 6.27. The van der Waals surface area contributed by atoms with Gasteiger partial charge < -0.3 is 0 Å². The lowest BCUT2D eigenvalue weighted by Gasteiger charge is -2.20. The van der Waals surface area contributed by atoms with Gasteiger partial charge in [0.15, 0.2) is 0 Å². The fourth-order valence-electron chi connectivity index (χ4n) is 8.06. The average molecular weight is 581 g/mol. The third-order valence-corrected chi connectivity index (χ3v) is 10.0. The van der Waals surface area contributed by atoms with Crippen molar-refractivity contribution in [1.82, 2.24) is 0 Å². The molecule has 0 saturated heterocycles. The topological polar surface area (TPSA) is 0 Å². The van der Waals surface area contributed by atoms with Crippen LogP contribution in [-0.4, -0.2) is 0 Å². The molecule has 0 heteroatoms. The van der Waals surface area contributed by atoms with Gasteiger partial charge in [-0.3, -0.25) is 0 Å². The number of benzene rings is 10. The van der Waals surface area contributed by atoms with Crippen LogP contribution in [0, 0.1) is 0 Å². The van der Waals surface area contributed by atoms with Gasteiger partial charge in [-0.05, 0) is 98.0 Å². The Morgan fingerprint density at radius 3 is 1.30 bits per heavy atom. The zero-order valence-corrected chi connectivity index (χ0v) is 25.2. The molecular formula is C46H28. The minimum atomic E-state index is 1.25. The van der Waals surface area contributed by atoms with Gasteiger partial charge in [0.05, 0.1) is 0 Å². The van der Waals surface area contributed by atoms with E-state index in [0.717, 1.165) is 0 Å². The van der Waals surface area contributed by atoms with Crippen molar-refractivity contribution in [2.24, 2.45) is 0 Å². The summed E-state index contributed by atoms with van der Waals surface area (Å²) in [5, 5.41) is 15.6. The molecule has 0 N–H and O–H groups in total. The molecule has 10 rings (SSSR count). The summed E-state index contributed by atoms with van der Waals surface area (Å²) in [7, 11) is 0. The second kappa shape index (κ2) is 9.76. The van der Waals surface area contributed by atoms with Crippen molar-refractivity contribution in [1.29, 1.82) is 0 Å². The van der Waals surface area contributed by atoms with Crippen molar-refractivity contribution < 1.29 is 0 Å². The minimum absolute atomic E-state index is 1.25. The van der Waals surface area contributed by atoms with E-state index in [4.69, 9.17) is 0 Å². The van der Waals surface area contributed by atoms with E-state index in [1.165, 1.54) is 98.0 Å². The van der Waals surface area contributed by atoms with E-state index in [0.29, 0.717) is 0 Å². The van der Waals surface area contributed by atoms with Crippen LogP contribution in [-0.2, 0) is 0 Å². The van der Waals surface area contributed by atoms with Crippen molar-refractivity contribution in [3.8, 4) is 33.4 Å². The van der Waals surface area contributed by atoms with Crippen LogP contribution in [0.25, 0.3) is 98.0 Å². The molecule has 10 aromatic carbocycles. The highest BCUT2D eigenvalue weighted by atomic mass is 14.2. The summed E-state index contributed by atoms with van der Waals surface area (Å²) in [5.74, 6) is 0. The molecule has 0 saturated carbocycles. The Hall–Kier alpha value is -5.98. The molecule has 0 heterocycles. The first kappa shape index (κ1) is 25.4. The molecule has 212 valence electrons. The van der Waals surface area contributed by atoms with Gasteiger partial charge >= 0.3 is 0 Å². The van der Waals surface area contributed by atoms with Crippen molar-refractivity contribution >= 4 is 64.6 Å². The van der Waals surface area contributed by atoms with Crippen LogP contribution in [0.2, 0.25) is 0 Å². The molecule has 0 aromatic heterocycles. The normalized spacial score (nSPS) is 11.9. The largest absolute Gasteiger partial charge is 0.0622 e. The summed E-state index contributed by atoms with van der Waals surface area (Å²) in [6.45, 7) is 0. The van der Waals surface area contributed by atoms with Crippen molar-refractivity contribution in [3.63, 3.8) is 0 Å². The van der Waals surface area contributed by atoms with Gasteiger partial charge in [0.25, 0.3) is 0 Å². The summed E-state index contributed by atoms with van der Waals surface area (Å²) in [6.07, 6.45) is 0. The van der Waals surface area contributed by atoms with E-state index in [2.05, 4.69) is 170 Å². The van der Waals surface area contributed by atoms with E-state index in [-0.39, 0.29) is 0 Å². The van der Waals surface area contributed by atoms with Crippen LogP contribution in [0.4, 0.5) is 0 Å². The average Bonchev–Trinajstić information content (AvgIpc) is 3.13. The molecule has 0 atom stereocenters. The maximum absolute atomic E-state index is 2.37. The van der Waals surface area contributed by atoms with Gasteiger partial charge in [0.1, 0.15) is 0 Å². The highest BCUT2D eigenvalue weighted by Crippen LogP contribution is 2.47. The first-order valence-corrected chi connectivity index (χ1v) is 16.0. The van der Waals surface area contributed by atoms with E-state index < -0.39 is 0 Å². The second-order valence-corrected chi connectivity index (χ2v) is 12.4. The molecule has 0 aliphatic rings. The molecule has 0 aliphatic carbocycles. The van der Waals surface area contributed by atoms with Gasteiger partial charge in [-0.25, -0.2) is 0 Å². The number of hydrogen-bond acceptors (Lipinski definition) is 0. The Morgan fingerprint density at radius 2 is 0.652 bits per heavy atom. The van der Waals surface area contributed by atoms with Gasteiger partial charge in [0.2, 0.25) is 0 Å². The van der Waals surface area contributed by atoms with E-state index in [1.54, 1.807) is 0 Å². The summed E-state index contributed by atoms with van der Waals surface area (Å²) >= 11 is 0. The molecule has 0 amide bonds. The molecule has 0 fully saturated rings. The van der Waals surface area contributed by atoms with Crippen LogP contribution in [0.15, 0.2) is 170 Å². The lowest BCUT2D eigenvalue weighted by Crippen LogP contribution is -1.93.